The van der Waals surface area contributed by atoms with Crippen molar-refractivity contribution in [3.8, 4) is 5.75 Å². The van der Waals surface area contributed by atoms with Crippen molar-refractivity contribution in [2.45, 2.75) is 6.42 Å². The highest BCUT2D eigenvalue weighted by atomic mass is 16.5. The van der Waals surface area contributed by atoms with Crippen molar-refractivity contribution in [2.75, 3.05) is 7.11 Å². The second kappa shape index (κ2) is 4.76. The fourth-order valence-electron chi connectivity index (χ4n) is 2.28. The van der Waals surface area contributed by atoms with Crippen LogP contribution < -0.4 is 4.74 Å². The lowest BCUT2D eigenvalue weighted by Crippen LogP contribution is -1.99. The molecule has 2 aromatic carbocycles. The molecule has 0 amide bonds. The summed E-state index contributed by atoms with van der Waals surface area (Å²) in [4.78, 5) is 4.68. The maximum absolute atomic E-state index is 5.17. The molecule has 19 heavy (non-hydrogen) atoms. The quantitative estimate of drug-likeness (QED) is 0.716. The zero-order valence-electron chi connectivity index (χ0n) is 11.1. The van der Waals surface area contributed by atoms with E-state index in [9.17, 15) is 0 Å². The first kappa shape index (κ1) is 11.8. The SMILES string of the molecule is COc1ccc(Cc2nc3ccccc3n2C)cc1. The van der Waals surface area contributed by atoms with E-state index in [1.807, 2.05) is 30.3 Å². The van der Waals surface area contributed by atoms with Crippen LogP contribution in [0.15, 0.2) is 48.5 Å². The first-order valence-electron chi connectivity index (χ1n) is 6.31. The maximum atomic E-state index is 5.17. The molecule has 0 bridgehead atoms. The van der Waals surface area contributed by atoms with Crippen molar-refractivity contribution in [1.29, 1.82) is 0 Å². The number of imidazole rings is 1. The van der Waals surface area contributed by atoms with Gasteiger partial charge in [0.25, 0.3) is 0 Å². The topological polar surface area (TPSA) is 27.1 Å². The van der Waals surface area contributed by atoms with E-state index >= 15 is 0 Å². The van der Waals surface area contributed by atoms with Gasteiger partial charge in [-0.1, -0.05) is 24.3 Å². The number of aryl methyl sites for hydroxylation is 1. The van der Waals surface area contributed by atoms with Crippen LogP contribution >= 0.6 is 0 Å². The predicted molar refractivity (Wildman–Crippen MR) is 76.5 cm³/mol. The van der Waals surface area contributed by atoms with Crippen molar-refractivity contribution in [1.82, 2.24) is 9.55 Å². The van der Waals surface area contributed by atoms with E-state index in [-0.39, 0.29) is 0 Å². The van der Waals surface area contributed by atoms with Crippen molar-refractivity contribution in [3.05, 3.63) is 59.9 Å². The number of ether oxygens (including phenoxy) is 1. The Bertz CT molecular complexity index is 698. The molecule has 0 aliphatic rings. The first-order valence-corrected chi connectivity index (χ1v) is 6.31. The van der Waals surface area contributed by atoms with Crippen LogP contribution in [0.4, 0.5) is 0 Å². The average molecular weight is 252 g/mol. The number of nitrogens with zero attached hydrogens (tertiary/aromatic N) is 2. The number of hydrogen-bond acceptors (Lipinski definition) is 2. The molecule has 0 unspecified atom stereocenters. The van der Waals surface area contributed by atoms with Crippen LogP contribution in [-0.2, 0) is 13.5 Å². The molecule has 0 fully saturated rings. The predicted octanol–water partition coefficient (Wildman–Crippen LogP) is 3.17. The van der Waals surface area contributed by atoms with Crippen LogP contribution in [0.1, 0.15) is 11.4 Å². The second-order valence-electron chi connectivity index (χ2n) is 4.60. The Morgan fingerprint density at radius 1 is 1.05 bits per heavy atom. The Hall–Kier alpha value is -2.29. The smallest absolute Gasteiger partial charge is 0.118 e. The van der Waals surface area contributed by atoms with Crippen LogP contribution in [0.25, 0.3) is 11.0 Å². The van der Waals surface area contributed by atoms with E-state index in [0.29, 0.717) is 0 Å². The molecule has 0 saturated heterocycles. The molecular weight excluding hydrogens is 236 g/mol. The third kappa shape index (κ3) is 2.19. The minimum Gasteiger partial charge on any atom is -0.497 e. The summed E-state index contributed by atoms with van der Waals surface area (Å²) in [5.41, 5.74) is 3.46. The minimum absolute atomic E-state index is 0.829. The molecule has 0 saturated carbocycles. The third-order valence-electron chi connectivity index (χ3n) is 3.40. The van der Waals surface area contributed by atoms with Crippen molar-refractivity contribution < 1.29 is 4.74 Å². The molecule has 0 aliphatic heterocycles. The summed E-state index contributed by atoms with van der Waals surface area (Å²) in [6.07, 6.45) is 0.829. The molecule has 0 atom stereocenters. The summed E-state index contributed by atoms with van der Waals surface area (Å²) in [7, 11) is 3.74. The van der Waals surface area contributed by atoms with Gasteiger partial charge >= 0.3 is 0 Å². The third-order valence-corrected chi connectivity index (χ3v) is 3.40. The number of para-hydroxylation sites is 2. The van der Waals surface area contributed by atoms with Gasteiger partial charge in [0.05, 0.1) is 18.1 Å². The Balaban J connectivity index is 1.94. The van der Waals surface area contributed by atoms with Gasteiger partial charge in [0.15, 0.2) is 0 Å². The fourth-order valence-corrected chi connectivity index (χ4v) is 2.28. The van der Waals surface area contributed by atoms with Gasteiger partial charge in [0.1, 0.15) is 11.6 Å². The van der Waals surface area contributed by atoms with E-state index in [1.165, 1.54) is 11.1 Å². The van der Waals surface area contributed by atoms with Crippen LogP contribution in [-0.4, -0.2) is 16.7 Å². The Morgan fingerprint density at radius 3 is 2.47 bits per heavy atom. The molecule has 3 heteroatoms. The Labute approximate surface area is 112 Å². The van der Waals surface area contributed by atoms with Gasteiger partial charge in [-0.15, -0.1) is 0 Å². The van der Waals surface area contributed by atoms with Gasteiger partial charge in [0, 0.05) is 13.5 Å². The van der Waals surface area contributed by atoms with E-state index in [1.54, 1.807) is 7.11 Å². The molecule has 96 valence electrons. The molecule has 0 spiro atoms. The zero-order chi connectivity index (χ0) is 13.2. The summed E-state index contributed by atoms with van der Waals surface area (Å²) in [6, 6.07) is 16.3. The zero-order valence-corrected chi connectivity index (χ0v) is 11.1. The van der Waals surface area contributed by atoms with Gasteiger partial charge in [-0.05, 0) is 29.8 Å². The number of aromatic nitrogens is 2. The van der Waals surface area contributed by atoms with Crippen molar-refractivity contribution >= 4 is 11.0 Å². The van der Waals surface area contributed by atoms with Gasteiger partial charge in [0.2, 0.25) is 0 Å². The summed E-state index contributed by atoms with van der Waals surface area (Å²) in [5.74, 6) is 1.96. The lowest BCUT2D eigenvalue weighted by atomic mass is 10.1. The molecule has 0 N–H and O–H groups in total. The van der Waals surface area contributed by atoms with E-state index < -0.39 is 0 Å². The van der Waals surface area contributed by atoms with Crippen LogP contribution in [0, 0.1) is 0 Å². The number of benzene rings is 2. The number of hydrogen-bond donors (Lipinski definition) is 0. The normalized spacial score (nSPS) is 10.8. The van der Waals surface area contributed by atoms with Crippen LogP contribution in [0.2, 0.25) is 0 Å². The maximum Gasteiger partial charge on any atom is 0.118 e. The summed E-state index contributed by atoms with van der Waals surface area (Å²) < 4.78 is 7.32. The molecule has 0 radical (unpaired) electrons. The molecule has 1 heterocycles. The number of methoxy groups -OCH3 is 1. The highest BCUT2D eigenvalue weighted by Crippen LogP contribution is 2.18. The lowest BCUT2D eigenvalue weighted by Gasteiger charge is -2.04. The fraction of sp³-hybridized carbons (Fsp3) is 0.188. The van der Waals surface area contributed by atoms with E-state index in [4.69, 9.17) is 4.74 Å². The van der Waals surface area contributed by atoms with Crippen LogP contribution in [0.5, 0.6) is 5.75 Å². The van der Waals surface area contributed by atoms with Crippen LogP contribution in [0.3, 0.4) is 0 Å². The van der Waals surface area contributed by atoms with Gasteiger partial charge in [-0.25, -0.2) is 4.98 Å². The molecule has 1 aromatic heterocycles. The molecule has 3 aromatic rings. The minimum atomic E-state index is 0.829. The molecular formula is C16H16N2O. The highest BCUT2D eigenvalue weighted by molar-refractivity contribution is 5.75. The lowest BCUT2D eigenvalue weighted by molar-refractivity contribution is 0.414. The highest BCUT2D eigenvalue weighted by Gasteiger charge is 2.07. The summed E-state index contributed by atoms with van der Waals surface area (Å²) in [5, 5.41) is 0. The van der Waals surface area contributed by atoms with Crippen molar-refractivity contribution in [3.63, 3.8) is 0 Å². The van der Waals surface area contributed by atoms with Gasteiger partial charge < -0.3 is 9.30 Å². The Morgan fingerprint density at radius 2 is 1.79 bits per heavy atom. The van der Waals surface area contributed by atoms with Gasteiger partial charge in [-0.3, -0.25) is 0 Å². The van der Waals surface area contributed by atoms with E-state index in [0.717, 1.165) is 23.5 Å². The largest absolute Gasteiger partial charge is 0.497 e. The number of fused-ring (bicyclic) bond motifs is 1. The van der Waals surface area contributed by atoms with Crippen molar-refractivity contribution in [2.24, 2.45) is 7.05 Å². The molecule has 3 nitrogen and oxygen atoms in total. The number of rotatable bonds is 3. The standard InChI is InChI=1S/C16H16N2O/c1-18-15-6-4-3-5-14(15)17-16(18)11-12-7-9-13(19-2)10-8-12/h3-10H,11H2,1-2H3. The molecule has 3 rings (SSSR count). The summed E-state index contributed by atoms with van der Waals surface area (Å²) in [6.45, 7) is 0. The second-order valence-corrected chi connectivity index (χ2v) is 4.60. The average Bonchev–Trinajstić information content (AvgIpc) is 2.77. The monoisotopic (exact) mass is 252 g/mol. The van der Waals surface area contributed by atoms with E-state index in [2.05, 4.69) is 34.8 Å². The first-order chi connectivity index (χ1) is 9.28. The Kier molecular flexibility index (Phi) is 2.95. The molecule has 0 aliphatic carbocycles. The summed E-state index contributed by atoms with van der Waals surface area (Å²) >= 11 is 0. The van der Waals surface area contributed by atoms with Gasteiger partial charge in [-0.2, -0.15) is 0 Å².